The first-order valence-corrected chi connectivity index (χ1v) is 3.87. The third-order valence-corrected chi connectivity index (χ3v) is 1.27. The third-order valence-electron chi connectivity index (χ3n) is 1.27. The second-order valence-corrected chi connectivity index (χ2v) is 2.38. The summed E-state index contributed by atoms with van der Waals surface area (Å²) >= 11 is 0. The molecule has 0 saturated heterocycles. The standard InChI is InChI=1S/C9H10F2O3/c1-3-5-9(10,11)7(12)6-8(13)14-4-2/h5H,1,4,6H2,2H3. The maximum Gasteiger partial charge on any atom is 0.331 e. The van der Waals surface area contributed by atoms with Gasteiger partial charge in [-0.2, -0.15) is 8.78 Å². The molecule has 0 aromatic rings. The predicted molar refractivity (Wildman–Crippen MR) is 44.9 cm³/mol. The lowest BCUT2D eigenvalue weighted by molar-refractivity contribution is -0.150. The normalized spacial score (nSPS) is 10.2. The van der Waals surface area contributed by atoms with Crippen LogP contribution < -0.4 is 0 Å². The molecule has 0 aliphatic carbocycles. The van der Waals surface area contributed by atoms with E-state index >= 15 is 0 Å². The van der Waals surface area contributed by atoms with E-state index in [1.807, 2.05) is 0 Å². The fraction of sp³-hybridized carbons (Fsp3) is 0.444. The summed E-state index contributed by atoms with van der Waals surface area (Å²) < 4.78 is 29.7. The molecule has 0 unspecified atom stereocenters. The van der Waals surface area contributed by atoms with Gasteiger partial charge in [0.1, 0.15) is 6.42 Å². The summed E-state index contributed by atoms with van der Waals surface area (Å²) in [6, 6.07) is 0. The van der Waals surface area contributed by atoms with Crippen LogP contribution in [0.25, 0.3) is 0 Å². The molecule has 14 heavy (non-hydrogen) atoms. The van der Waals surface area contributed by atoms with Gasteiger partial charge in [0.05, 0.1) is 6.61 Å². The quantitative estimate of drug-likeness (QED) is 0.387. The van der Waals surface area contributed by atoms with Gasteiger partial charge in [-0.25, -0.2) is 0 Å². The van der Waals surface area contributed by atoms with Crippen LogP contribution in [-0.2, 0) is 14.3 Å². The Hall–Kier alpha value is -1.48. The fourth-order valence-electron chi connectivity index (χ4n) is 0.670. The van der Waals surface area contributed by atoms with Crippen molar-refractivity contribution in [3.05, 3.63) is 18.4 Å². The van der Waals surface area contributed by atoms with Crippen molar-refractivity contribution in [1.29, 1.82) is 0 Å². The van der Waals surface area contributed by atoms with Crippen molar-refractivity contribution in [2.75, 3.05) is 6.61 Å². The van der Waals surface area contributed by atoms with Crippen molar-refractivity contribution in [2.24, 2.45) is 0 Å². The van der Waals surface area contributed by atoms with Crippen LogP contribution in [0.15, 0.2) is 18.4 Å². The number of ketones is 1. The summed E-state index contributed by atoms with van der Waals surface area (Å²) in [5.41, 5.74) is 1.80. The molecule has 0 fully saturated rings. The fourth-order valence-corrected chi connectivity index (χ4v) is 0.670. The second-order valence-electron chi connectivity index (χ2n) is 2.38. The summed E-state index contributed by atoms with van der Waals surface area (Å²) in [5.74, 6) is -6.18. The Balaban J connectivity index is 4.34. The van der Waals surface area contributed by atoms with Gasteiger partial charge in [0.2, 0.25) is 5.78 Å². The molecule has 5 heteroatoms. The van der Waals surface area contributed by atoms with E-state index in [4.69, 9.17) is 0 Å². The molecule has 0 aliphatic rings. The van der Waals surface area contributed by atoms with Crippen molar-refractivity contribution in [2.45, 2.75) is 19.3 Å². The van der Waals surface area contributed by atoms with E-state index in [-0.39, 0.29) is 12.7 Å². The summed E-state index contributed by atoms with van der Waals surface area (Å²) in [6.07, 6.45) is -0.729. The number of alkyl halides is 2. The van der Waals surface area contributed by atoms with Crippen molar-refractivity contribution < 1.29 is 23.1 Å². The van der Waals surface area contributed by atoms with Crippen LogP contribution in [0.2, 0.25) is 0 Å². The molecule has 0 spiro atoms. The first kappa shape index (κ1) is 12.5. The zero-order valence-electron chi connectivity index (χ0n) is 7.68. The van der Waals surface area contributed by atoms with Crippen LogP contribution in [0.1, 0.15) is 13.3 Å². The van der Waals surface area contributed by atoms with Gasteiger partial charge >= 0.3 is 11.9 Å². The number of hydrogen-bond donors (Lipinski definition) is 0. The van der Waals surface area contributed by atoms with Gasteiger partial charge in [0.25, 0.3) is 0 Å². The molecule has 0 heterocycles. The Kier molecular flexibility index (Phi) is 4.73. The van der Waals surface area contributed by atoms with Gasteiger partial charge in [0.15, 0.2) is 0 Å². The monoisotopic (exact) mass is 204 g/mol. The van der Waals surface area contributed by atoms with Crippen molar-refractivity contribution in [1.82, 2.24) is 0 Å². The molecular weight excluding hydrogens is 194 g/mol. The Bertz CT molecular complexity index is 278. The van der Waals surface area contributed by atoms with Crippen LogP contribution in [0.3, 0.4) is 0 Å². The molecule has 78 valence electrons. The number of Topliss-reactive ketones (excluding diaryl/α,β-unsaturated/α-hetero) is 1. The maximum absolute atomic E-state index is 12.7. The largest absolute Gasteiger partial charge is 0.466 e. The van der Waals surface area contributed by atoms with Gasteiger partial charge in [-0.05, 0) is 6.92 Å². The minimum Gasteiger partial charge on any atom is -0.466 e. The van der Waals surface area contributed by atoms with Crippen LogP contribution in [0.4, 0.5) is 8.78 Å². The number of halogens is 2. The minimum absolute atomic E-state index is 0.0506. The van der Waals surface area contributed by atoms with E-state index in [1.54, 1.807) is 5.73 Å². The molecule has 0 aliphatic heterocycles. The Morgan fingerprint density at radius 3 is 2.57 bits per heavy atom. The average molecular weight is 204 g/mol. The Labute approximate surface area is 80.0 Å². The second kappa shape index (κ2) is 5.29. The molecule has 3 nitrogen and oxygen atoms in total. The van der Waals surface area contributed by atoms with Crippen LogP contribution in [0.5, 0.6) is 0 Å². The lowest BCUT2D eigenvalue weighted by atomic mass is 10.1. The lowest BCUT2D eigenvalue weighted by Gasteiger charge is -2.08. The number of carbonyl (C=O) groups is 2. The highest BCUT2D eigenvalue weighted by Crippen LogP contribution is 2.18. The first-order valence-electron chi connectivity index (χ1n) is 3.87. The molecule has 0 aromatic heterocycles. The van der Waals surface area contributed by atoms with E-state index in [0.29, 0.717) is 0 Å². The summed E-state index contributed by atoms with van der Waals surface area (Å²) in [7, 11) is 0. The van der Waals surface area contributed by atoms with E-state index in [0.717, 1.165) is 0 Å². The number of hydrogen-bond acceptors (Lipinski definition) is 3. The molecule has 0 atom stereocenters. The van der Waals surface area contributed by atoms with Crippen molar-refractivity contribution >= 4 is 11.8 Å². The summed E-state index contributed by atoms with van der Waals surface area (Å²) in [5, 5.41) is 0. The third kappa shape index (κ3) is 3.96. The number of allylic oxidation sites excluding steroid dienone is 1. The smallest absolute Gasteiger partial charge is 0.331 e. The van der Waals surface area contributed by atoms with Gasteiger partial charge in [-0.15, -0.1) is 5.73 Å². The average Bonchev–Trinajstić information content (AvgIpc) is 2.04. The van der Waals surface area contributed by atoms with Gasteiger partial charge in [-0.1, -0.05) is 6.58 Å². The zero-order valence-corrected chi connectivity index (χ0v) is 7.68. The van der Waals surface area contributed by atoms with Gasteiger partial charge < -0.3 is 4.74 Å². The zero-order chi connectivity index (χ0) is 11.2. The highest BCUT2D eigenvalue weighted by atomic mass is 19.3. The SMILES string of the molecule is C=C=CC(F)(F)C(=O)CC(=O)OCC. The molecule has 0 N–H and O–H groups in total. The molecule has 0 saturated carbocycles. The van der Waals surface area contributed by atoms with E-state index < -0.39 is 24.1 Å². The first-order chi connectivity index (χ1) is 6.44. The Morgan fingerprint density at radius 2 is 2.14 bits per heavy atom. The number of esters is 1. The molecule has 0 radical (unpaired) electrons. The number of carbonyl (C=O) groups excluding carboxylic acids is 2. The van der Waals surface area contributed by atoms with Crippen LogP contribution in [0, 0.1) is 0 Å². The van der Waals surface area contributed by atoms with Crippen LogP contribution >= 0.6 is 0 Å². The van der Waals surface area contributed by atoms with Gasteiger partial charge in [0, 0.05) is 6.08 Å². The van der Waals surface area contributed by atoms with Crippen LogP contribution in [-0.4, -0.2) is 24.3 Å². The van der Waals surface area contributed by atoms with E-state index in [9.17, 15) is 18.4 Å². The highest BCUT2D eigenvalue weighted by molar-refractivity contribution is 6.00. The molecule has 0 aromatic carbocycles. The van der Waals surface area contributed by atoms with Gasteiger partial charge in [-0.3, -0.25) is 9.59 Å². The maximum atomic E-state index is 12.7. The number of ether oxygens (including phenoxy) is 1. The molecule has 0 amide bonds. The van der Waals surface area contributed by atoms with Crippen molar-refractivity contribution in [3.8, 4) is 0 Å². The number of rotatable bonds is 5. The summed E-state index contributed by atoms with van der Waals surface area (Å²) in [6.45, 7) is 4.48. The highest BCUT2D eigenvalue weighted by Gasteiger charge is 2.36. The topological polar surface area (TPSA) is 43.4 Å². The minimum atomic E-state index is -3.70. The van der Waals surface area contributed by atoms with Crippen molar-refractivity contribution in [3.63, 3.8) is 0 Å². The molecule has 0 bridgehead atoms. The molecule has 0 rings (SSSR count). The Morgan fingerprint density at radius 1 is 1.57 bits per heavy atom. The van der Waals surface area contributed by atoms with E-state index in [1.165, 1.54) is 6.92 Å². The van der Waals surface area contributed by atoms with E-state index in [2.05, 4.69) is 11.3 Å². The molecular formula is C9H10F2O3. The lowest BCUT2D eigenvalue weighted by Crippen LogP contribution is -2.28. The predicted octanol–water partition coefficient (Wildman–Crippen LogP) is 1.49. The summed E-state index contributed by atoms with van der Waals surface area (Å²) in [4.78, 5) is 21.5.